The summed E-state index contributed by atoms with van der Waals surface area (Å²) in [5.74, 6) is -2.43. The van der Waals surface area contributed by atoms with Crippen LogP contribution >= 0.6 is 0 Å². The number of hydrogen-bond acceptors (Lipinski definition) is 16. The van der Waals surface area contributed by atoms with Gasteiger partial charge in [-0.05, 0) is 105 Å². The summed E-state index contributed by atoms with van der Waals surface area (Å²) in [6.07, 6.45) is 0.227. The Kier molecular flexibility index (Phi) is 13.1. The number of hydrogen-bond donors (Lipinski definition) is 1. The molecule has 3 heterocycles. The number of carbonyl (C=O) groups is 5. The van der Waals surface area contributed by atoms with Gasteiger partial charge in [-0.3, -0.25) is 24.5 Å². The lowest BCUT2D eigenvalue weighted by Gasteiger charge is -2.49. The number of aliphatic hydroxyl groups excluding tert-OH is 1. The van der Waals surface area contributed by atoms with Gasteiger partial charge in [0.15, 0.2) is 24.1 Å². The maximum absolute atomic E-state index is 14.2. The minimum Gasteiger partial charge on any atom is -0.467 e. The normalized spacial score (nSPS) is 37.9. The Morgan fingerprint density at radius 1 is 0.970 bits per heavy atom. The highest BCUT2D eigenvalue weighted by molar-refractivity contribution is 5.77. The van der Waals surface area contributed by atoms with Crippen LogP contribution < -0.4 is 4.74 Å². The number of methoxy groups -OCH3 is 1. The third-order valence-electron chi connectivity index (χ3n) is 15.9. The molecule has 3 saturated heterocycles. The molecule has 0 aromatic heterocycles. The molecule has 8 rings (SSSR count). The van der Waals surface area contributed by atoms with E-state index in [-0.39, 0.29) is 47.7 Å². The van der Waals surface area contributed by atoms with Gasteiger partial charge in [-0.25, -0.2) is 9.59 Å². The zero-order chi connectivity index (χ0) is 47.6. The van der Waals surface area contributed by atoms with E-state index in [1.54, 1.807) is 4.90 Å². The monoisotopic (exact) mass is 922 g/mol. The zero-order valence-electron chi connectivity index (χ0n) is 38.9. The highest BCUT2D eigenvalue weighted by Gasteiger charge is 2.63. The maximum atomic E-state index is 14.2. The van der Waals surface area contributed by atoms with E-state index in [9.17, 15) is 39.2 Å². The van der Waals surface area contributed by atoms with Gasteiger partial charge in [-0.1, -0.05) is 44.1 Å². The van der Waals surface area contributed by atoms with Crippen LogP contribution in [0.15, 0.2) is 41.0 Å². The van der Waals surface area contributed by atoms with Crippen LogP contribution in [0.2, 0.25) is 0 Å². The smallest absolute Gasteiger partial charge is 0.410 e. The number of rotatable bonds is 9. The quantitative estimate of drug-likeness (QED) is 0.0981. The summed E-state index contributed by atoms with van der Waals surface area (Å²) in [5, 5.41) is 23.0. The standard InChI is InChI=1S/C48H62N2O16/c1-23-17-38-39(25(3)48(66-38)16-14-32-33-11-10-30-19-31(54)13-15-47(30,7)35(33)20-34(32)24(48)2)49(21-23)46(56)60-22-29-9-12-37(36(18-29)50(57)58)64-45-43(63-28(6)53)41(62-27(5)52)40(61-26(4)51)42(65-45)44(55)59-8/h9-10,12,18,23,25,31-33,35,38-43,45,54H,11,13-17,19-22H2,1-8H3/t23-,25+,31-,32-,33-,35-,38+,39-,40-,41-,42-,43+,45+,47-,48-/m0/s1. The number of nitro groups is 1. The largest absolute Gasteiger partial charge is 0.467 e. The summed E-state index contributed by atoms with van der Waals surface area (Å²) >= 11 is 0. The van der Waals surface area contributed by atoms with E-state index in [0.717, 1.165) is 85.3 Å². The number of carbonyl (C=O) groups excluding carboxylic acids is 5. The van der Waals surface area contributed by atoms with Crippen molar-refractivity contribution in [3.63, 3.8) is 0 Å². The van der Waals surface area contributed by atoms with Crippen LogP contribution in [0.3, 0.4) is 0 Å². The first kappa shape index (κ1) is 47.4. The fourth-order valence-electron chi connectivity index (χ4n) is 13.0. The van der Waals surface area contributed by atoms with Crippen molar-refractivity contribution in [3.8, 4) is 5.75 Å². The number of likely N-dealkylation sites (tertiary alicyclic amines) is 1. The number of allylic oxidation sites excluding steroid dienone is 2. The molecule has 0 bridgehead atoms. The Bertz CT molecular complexity index is 2210. The van der Waals surface area contributed by atoms with Crippen molar-refractivity contribution in [1.82, 2.24) is 4.90 Å². The molecule has 1 N–H and O–H groups in total. The van der Waals surface area contributed by atoms with E-state index >= 15 is 0 Å². The van der Waals surface area contributed by atoms with Gasteiger partial charge in [0.2, 0.25) is 12.4 Å². The maximum Gasteiger partial charge on any atom is 0.410 e. The first-order valence-corrected chi connectivity index (χ1v) is 23.1. The van der Waals surface area contributed by atoms with Crippen LogP contribution in [0, 0.1) is 45.1 Å². The number of aliphatic hydroxyl groups is 1. The third-order valence-corrected chi connectivity index (χ3v) is 15.9. The van der Waals surface area contributed by atoms with Crippen molar-refractivity contribution in [2.45, 2.75) is 161 Å². The Morgan fingerprint density at radius 3 is 2.35 bits per heavy atom. The molecule has 7 aliphatic rings. The number of ether oxygens (including phenoxy) is 8. The van der Waals surface area contributed by atoms with Crippen LogP contribution in [0.4, 0.5) is 10.5 Å². The molecular formula is C48H62N2O16. The number of nitro benzene ring substituents is 1. The van der Waals surface area contributed by atoms with Gasteiger partial charge in [0.25, 0.3) is 0 Å². The lowest BCUT2D eigenvalue weighted by atomic mass is 9.56. The number of benzene rings is 1. The fraction of sp³-hybridized carbons (Fsp3) is 0.688. The number of piperidine rings is 1. The van der Waals surface area contributed by atoms with Gasteiger partial charge in [0.05, 0.1) is 35.9 Å². The Hall–Kier alpha value is -5.07. The van der Waals surface area contributed by atoms with E-state index < -0.39 is 82.6 Å². The number of fused-ring (bicyclic) bond motifs is 6. The second kappa shape index (κ2) is 18.2. The molecule has 15 atom stereocenters. The second-order valence-corrected chi connectivity index (χ2v) is 19.8. The third kappa shape index (κ3) is 8.46. The lowest BCUT2D eigenvalue weighted by molar-refractivity contribution is -0.387. The highest BCUT2D eigenvalue weighted by atomic mass is 16.7. The molecule has 1 aromatic rings. The van der Waals surface area contributed by atoms with Crippen LogP contribution in [0.5, 0.6) is 5.75 Å². The Labute approximate surface area is 383 Å². The molecule has 0 radical (unpaired) electrons. The number of esters is 4. The summed E-state index contributed by atoms with van der Waals surface area (Å²) < 4.78 is 45.7. The van der Waals surface area contributed by atoms with Crippen molar-refractivity contribution in [3.05, 3.63) is 56.7 Å². The molecule has 66 heavy (non-hydrogen) atoms. The van der Waals surface area contributed by atoms with Crippen molar-refractivity contribution in [2.75, 3.05) is 13.7 Å². The lowest BCUT2D eigenvalue weighted by Crippen LogP contribution is -2.64. The Balaban J connectivity index is 0.992. The van der Waals surface area contributed by atoms with E-state index in [2.05, 4.69) is 33.8 Å². The predicted octanol–water partition coefficient (Wildman–Crippen LogP) is 6.03. The van der Waals surface area contributed by atoms with E-state index in [0.29, 0.717) is 24.3 Å². The molecule has 18 heteroatoms. The summed E-state index contributed by atoms with van der Waals surface area (Å²) in [4.78, 5) is 77.2. The average Bonchev–Trinajstić information content (AvgIpc) is 3.78. The van der Waals surface area contributed by atoms with Crippen molar-refractivity contribution in [2.24, 2.45) is 35.0 Å². The summed E-state index contributed by atoms with van der Waals surface area (Å²) in [5.41, 5.74) is 3.53. The van der Waals surface area contributed by atoms with Gasteiger partial charge in [0.1, 0.15) is 6.61 Å². The second-order valence-electron chi connectivity index (χ2n) is 19.8. The molecule has 360 valence electrons. The number of amides is 1. The molecule has 5 fully saturated rings. The van der Waals surface area contributed by atoms with Crippen LogP contribution in [0.25, 0.3) is 0 Å². The fourth-order valence-corrected chi connectivity index (χ4v) is 13.0. The minimum atomic E-state index is -1.82. The van der Waals surface area contributed by atoms with Crippen LogP contribution in [-0.2, 0) is 58.9 Å². The number of nitrogens with zero attached hydrogens (tertiary/aromatic N) is 2. The summed E-state index contributed by atoms with van der Waals surface area (Å²) in [7, 11) is 1.03. The van der Waals surface area contributed by atoms with E-state index in [4.69, 9.17) is 37.9 Å². The molecule has 4 aliphatic carbocycles. The van der Waals surface area contributed by atoms with Crippen LogP contribution in [-0.4, -0.2) is 113 Å². The molecular weight excluding hydrogens is 861 g/mol. The molecule has 1 aromatic carbocycles. The van der Waals surface area contributed by atoms with Gasteiger partial charge in [-0.2, -0.15) is 0 Å². The van der Waals surface area contributed by atoms with E-state index in [1.807, 2.05) is 0 Å². The zero-order valence-corrected chi connectivity index (χ0v) is 38.9. The Morgan fingerprint density at radius 2 is 1.67 bits per heavy atom. The molecule has 2 saturated carbocycles. The molecule has 0 unspecified atom stereocenters. The minimum absolute atomic E-state index is 0.0217. The molecule has 3 aliphatic heterocycles. The molecule has 1 amide bonds. The summed E-state index contributed by atoms with van der Waals surface area (Å²) in [6, 6.07) is 3.60. The first-order valence-electron chi connectivity index (χ1n) is 23.1. The topological polar surface area (TPSA) is 226 Å². The van der Waals surface area contributed by atoms with Gasteiger partial charge in [0, 0.05) is 39.3 Å². The van der Waals surface area contributed by atoms with Crippen molar-refractivity contribution >= 4 is 35.7 Å². The average molecular weight is 923 g/mol. The van der Waals surface area contributed by atoms with E-state index in [1.165, 1.54) is 28.9 Å². The first-order chi connectivity index (χ1) is 31.3. The van der Waals surface area contributed by atoms with Crippen molar-refractivity contribution < 1.29 is 71.9 Å². The molecule has 1 spiro atoms. The summed E-state index contributed by atoms with van der Waals surface area (Å²) in [6.45, 7) is 12.2. The van der Waals surface area contributed by atoms with Gasteiger partial charge < -0.3 is 47.9 Å². The van der Waals surface area contributed by atoms with Crippen molar-refractivity contribution in [1.29, 1.82) is 0 Å². The van der Waals surface area contributed by atoms with Gasteiger partial charge in [-0.15, -0.1) is 0 Å². The SMILES string of the molecule is COC(=O)[C@H]1O[C@@H](Oc2ccc(COC(=O)N3C[C@@H](C)C[C@H]4O[C@]5(CC[C@@H]6C(=C5C)C[C@H]5[C@H]6CC=C6C[C@@H](O)CC[C@@]65C)[C@H](C)[C@@H]43)cc2[N+](=O)[O-])[C@H](OC(C)=O)[C@@H](OC(C)=O)[C@@H]1OC(C)=O. The van der Waals surface area contributed by atoms with Gasteiger partial charge >= 0.3 is 35.7 Å². The highest BCUT2D eigenvalue weighted by Crippen LogP contribution is 2.65. The predicted molar refractivity (Wildman–Crippen MR) is 230 cm³/mol. The van der Waals surface area contributed by atoms with Crippen LogP contribution in [0.1, 0.15) is 105 Å². The molecule has 18 nitrogen and oxygen atoms in total.